The number of alkyl halides is 1. The van der Waals surface area contributed by atoms with E-state index in [1.165, 1.54) is 0 Å². The Morgan fingerprint density at radius 1 is 1.14 bits per heavy atom. The fourth-order valence-electron chi connectivity index (χ4n) is 4.67. The van der Waals surface area contributed by atoms with Crippen LogP contribution in [0.3, 0.4) is 0 Å². The maximum Gasteiger partial charge on any atom is 0.266 e. The first-order chi connectivity index (χ1) is 20.5. The molecule has 0 saturated heterocycles. The van der Waals surface area contributed by atoms with Crippen LogP contribution in [0.5, 0.6) is 11.5 Å². The SMILES string of the molecule is COc1cccc([C@@H]2OC(c3ccc(OCCCO)cc3)=N[C@]2(Cc2ccccc2CN=[N+]=[N-])C(=O)NNCCF)c1. The van der Waals surface area contributed by atoms with E-state index < -0.39 is 24.2 Å². The Morgan fingerprint density at radius 3 is 2.64 bits per heavy atom. The van der Waals surface area contributed by atoms with Crippen LogP contribution in [-0.4, -0.2) is 56.0 Å². The van der Waals surface area contributed by atoms with Gasteiger partial charge >= 0.3 is 0 Å². The summed E-state index contributed by atoms with van der Waals surface area (Å²) in [7, 11) is 1.55. The van der Waals surface area contributed by atoms with Crippen molar-refractivity contribution in [1.82, 2.24) is 10.9 Å². The summed E-state index contributed by atoms with van der Waals surface area (Å²) < 4.78 is 30.5. The Balaban J connectivity index is 1.82. The lowest BCUT2D eigenvalue weighted by Crippen LogP contribution is -2.54. The fraction of sp³-hybridized carbons (Fsp3) is 0.333. The van der Waals surface area contributed by atoms with Crippen molar-refractivity contribution in [1.29, 1.82) is 0 Å². The van der Waals surface area contributed by atoms with E-state index in [0.717, 1.165) is 11.1 Å². The van der Waals surface area contributed by atoms with Gasteiger partial charge in [0, 0.05) is 36.5 Å². The third kappa shape index (κ3) is 7.16. The van der Waals surface area contributed by atoms with Crippen LogP contribution in [0.25, 0.3) is 10.4 Å². The molecule has 0 saturated carbocycles. The first-order valence-electron chi connectivity index (χ1n) is 13.5. The summed E-state index contributed by atoms with van der Waals surface area (Å²) in [6, 6.07) is 21.6. The minimum Gasteiger partial charge on any atom is -0.497 e. The van der Waals surface area contributed by atoms with E-state index in [9.17, 15) is 9.18 Å². The summed E-state index contributed by atoms with van der Waals surface area (Å²) in [6.07, 6.45) is -0.307. The van der Waals surface area contributed by atoms with Crippen LogP contribution in [0.1, 0.15) is 34.8 Å². The highest BCUT2D eigenvalue weighted by molar-refractivity contribution is 6.01. The summed E-state index contributed by atoms with van der Waals surface area (Å²) in [5, 5.41) is 12.7. The summed E-state index contributed by atoms with van der Waals surface area (Å²) >= 11 is 0. The zero-order valence-corrected chi connectivity index (χ0v) is 23.2. The van der Waals surface area contributed by atoms with E-state index in [-0.39, 0.29) is 32.0 Å². The van der Waals surface area contributed by atoms with Gasteiger partial charge in [-0.3, -0.25) is 10.2 Å². The molecule has 12 heteroatoms. The fourth-order valence-corrected chi connectivity index (χ4v) is 4.67. The second-order valence-electron chi connectivity index (χ2n) is 9.47. The Labute approximate surface area is 242 Å². The number of methoxy groups -OCH3 is 1. The monoisotopic (exact) mass is 576 g/mol. The molecule has 3 aromatic carbocycles. The predicted molar refractivity (Wildman–Crippen MR) is 155 cm³/mol. The molecule has 0 fully saturated rings. The molecule has 3 N–H and O–H groups in total. The first kappa shape index (κ1) is 30.3. The molecular formula is C30H33FN6O5. The van der Waals surface area contributed by atoms with E-state index in [2.05, 4.69) is 20.9 Å². The number of carbonyl (C=O) groups excluding carboxylic acids is 1. The highest BCUT2D eigenvalue weighted by Gasteiger charge is 2.53. The molecule has 0 bridgehead atoms. The number of halogens is 1. The largest absolute Gasteiger partial charge is 0.497 e. The van der Waals surface area contributed by atoms with Crippen LogP contribution in [0.15, 0.2) is 82.9 Å². The number of aliphatic imine (C=N–C) groups is 1. The summed E-state index contributed by atoms with van der Waals surface area (Å²) in [5.41, 5.74) is 15.4. The number of rotatable bonds is 15. The van der Waals surface area contributed by atoms with Crippen molar-refractivity contribution in [2.75, 3.05) is 33.5 Å². The van der Waals surface area contributed by atoms with Gasteiger partial charge in [-0.25, -0.2) is 14.8 Å². The van der Waals surface area contributed by atoms with Gasteiger partial charge < -0.3 is 19.3 Å². The number of aliphatic hydroxyl groups excluding tert-OH is 1. The third-order valence-electron chi connectivity index (χ3n) is 6.73. The van der Waals surface area contributed by atoms with Gasteiger partial charge in [-0.05, 0) is 58.6 Å². The minimum atomic E-state index is -1.55. The molecule has 2 atom stereocenters. The second kappa shape index (κ2) is 14.8. The molecule has 0 spiro atoms. The number of nitrogens with zero attached hydrogens (tertiary/aromatic N) is 4. The van der Waals surface area contributed by atoms with Crippen molar-refractivity contribution >= 4 is 11.8 Å². The third-order valence-corrected chi connectivity index (χ3v) is 6.73. The number of hydrogen-bond donors (Lipinski definition) is 3. The van der Waals surface area contributed by atoms with Crippen molar-refractivity contribution in [2.45, 2.75) is 31.0 Å². The molecule has 220 valence electrons. The molecule has 3 aromatic rings. The highest BCUT2D eigenvalue weighted by Crippen LogP contribution is 2.43. The van der Waals surface area contributed by atoms with E-state index in [4.69, 9.17) is 29.8 Å². The average Bonchev–Trinajstić information content (AvgIpc) is 3.41. The maximum absolute atomic E-state index is 14.1. The highest BCUT2D eigenvalue weighted by atomic mass is 19.1. The lowest BCUT2D eigenvalue weighted by atomic mass is 9.81. The van der Waals surface area contributed by atoms with Gasteiger partial charge in [0.2, 0.25) is 5.90 Å². The summed E-state index contributed by atoms with van der Waals surface area (Å²) in [4.78, 5) is 21.9. The normalized spacial score (nSPS) is 17.5. The molecule has 42 heavy (non-hydrogen) atoms. The standard InChI is InChI=1S/C30H33FN6O5/c1-40-26-9-4-8-22(18-26)27-30(29(39)36-33-15-14-31,19-23-6-2-3-7-24(23)20-34-37-32)35-28(42-27)21-10-12-25(13-11-21)41-17-5-16-38/h2-4,6-13,18,27,33,38H,5,14-17,19-20H2,1H3,(H,36,39)/t27-,30-/m0/s1. The lowest BCUT2D eigenvalue weighted by Gasteiger charge is -2.31. The van der Waals surface area contributed by atoms with Gasteiger partial charge in [0.1, 0.15) is 18.2 Å². The molecule has 1 heterocycles. The molecule has 0 radical (unpaired) electrons. The van der Waals surface area contributed by atoms with Gasteiger partial charge in [0.15, 0.2) is 11.6 Å². The number of aliphatic hydroxyl groups is 1. The number of ether oxygens (including phenoxy) is 3. The van der Waals surface area contributed by atoms with Gasteiger partial charge in [-0.2, -0.15) is 0 Å². The topological polar surface area (TPSA) is 150 Å². The van der Waals surface area contributed by atoms with E-state index in [1.54, 1.807) is 49.6 Å². The first-order valence-corrected chi connectivity index (χ1v) is 13.5. The maximum atomic E-state index is 14.1. The second-order valence-corrected chi connectivity index (χ2v) is 9.47. The van der Waals surface area contributed by atoms with Crippen LogP contribution in [0.4, 0.5) is 4.39 Å². The molecule has 1 aliphatic heterocycles. The number of benzene rings is 3. The van der Waals surface area contributed by atoms with E-state index in [1.807, 2.05) is 30.3 Å². The van der Waals surface area contributed by atoms with Gasteiger partial charge in [-0.1, -0.05) is 41.5 Å². The van der Waals surface area contributed by atoms with Gasteiger partial charge in [0.05, 0.1) is 20.3 Å². The Bertz CT molecular complexity index is 1430. The van der Waals surface area contributed by atoms with E-state index >= 15 is 0 Å². The molecule has 1 aliphatic rings. The molecule has 1 amide bonds. The zero-order chi connectivity index (χ0) is 29.8. The number of carbonyl (C=O) groups is 1. The van der Waals surface area contributed by atoms with Crippen molar-refractivity contribution in [2.24, 2.45) is 10.1 Å². The van der Waals surface area contributed by atoms with Crippen LogP contribution < -0.4 is 20.3 Å². The minimum absolute atomic E-state index is 0.0325. The summed E-state index contributed by atoms with van der Waals surface area (Å²) in [6.45, 7) is -0.280. The average molecular weight is 577 g/mol. The van der Waals surface area contributed by atoms with Crippen LogP contribution in [0, 0.1) is 0 Å². The molecule has 4 rings (SSSR count). The van der Waals surface area contributed by atoms with Crippen LogP contribution in [-0.2, 0) is 22.5 Å². The smallest absolute Gasteiger partial charge is 0.266 e. The van der Waals surface area contributed by atoms with Crippen molar-refractivity contribution in [3.05, 3.63) is 105 Å². The Hall–Kier alpha value is -4.64. The molecule has 0 unspecified atom stereocenters. The van der Waals surface area contributed by atoms with Gasteiger partial charge in [-0.15, -0.1) is 0 Å². The predicted octanol–water partition coefficient (Wildman–Crippen LogP) is 4.36. The molecule has 0 aromatic heterocycles. The number of hydrazine groups is 1. The van der Waals surface area contributed by atoms with Crippen molar-refractivity contribution < 1.29 is 28.5 Å². The number of amides is 1. The quantitative estimate of drug-likeness (QED) is 0.0805. The van der Waals surface area contributed by atoms with Crippen LogP contribution in [0.2, 0.25) is 0 Å². The van der Waals surface area contributed by atoms with Gasteiger partial charge in [0.25, 0.3) is 5.91 Å². The zero-order valence-electron chi connectivity index (χ0n) is 23.2. The van der Waals surface area contributed by atoms with Crippen molar-refractivity contribution in [3.8, 4) is 11.5 Å². The Kier molecular flexibility index (Phi) is 10.7. The van der Waals surface area contributed by atoms with Crippen molar-refractivity contribution in [3.63, 3.8) is 0 Å². The number of azide groups is 1. The van der Waals surface area contributed by atoms with E-state index in [0.29, 0.717) is 35.7 Å². The lowest BCUT2D eigenvalue weighted by molar-refractivity contribution is -0.130. The summed E-state index contributed by atoms with van der Waals surface area (Å²) in [5.74, 6) is 0.892. The molecular weight excluding hydrogens is 543 g/mol. The molecule has 0 aliphatic carbocycles. The molecule has 11 nitrogen and oxygen atoms in total. The van der Waals surface area contributed by atoms with Crippen LogP contribution >= 0.6 is 0 Å². The number of nitrogens with one attached hydrogen (secondary N) is 2. The number of hydrogen-bond acceptors (Lipinski definition) is 8. The Morgan fingerprint density at radius 2 is 1.93 bits per heavy atom.